The van der Waals surface area contributed by atoms with Crippen molar-refractivity contribution in [1.29, 1.82) is 0 Å². The van der Waals surface area contributed by atoms with Gasteiger partial charge in [-0.2, -0.15) is 0 Å². The van der Waals surface area contributed by atoms with E-state index in [-0.39, 0.29) is 32.6 Å². The van der Waals surface area contributed by atoms with Crippen LogP contribution < -0.4 is 5.73 Å². The van der Waals surface area contributed by atoms with Gasteiger partial charge in [0.1, 0.15) is 6.61 Å². The third-order valence-electron chi connectivity index (χ3n) is 8.54. The third kappa shape index (κ3) is 37.8. The molecular formula is C41H76NO8P. The van der Waals surface area contributed by atoms with Crippen LogP contribution in [0.2, 0.25) is 0 Å². The average molecular weight is 742 g/mol. The second-order valence-electron chi connectivity index (χ2n) is 13.5. The van der Waals surface area contributed by atoms with Crippen molar-refractivity contribution in [3.05, 3.63) is 36.5 Å². The van der Waals surface area contributed by atoms with Gasteiger partial charge in [-0.3, -0.25) is 18.6 Å². The fraction of sp³-hybridized carbons (Fsp3) is 0.805. The summed E-state index contributed by atoms with van der Waals surface area (Å²) in [6.45, 7) is 3.65. The van der Waals surface area contributed by atoms with Gasteiger partial charge >= 0.3 is 19.8 Å². The van der Waals surface area contributed by atoms with E-state index in [4.69, 9.17) is 24.3 Å². The van der Waals surface area contributed by atoms with Crippen LogP contribution in [0.5, 0.6) is 0 Å². The Morgan fingerprint density at radius 2 is 1.06 bits per heavy atom. The fourth-order valence-electron chi connectivity index (χ4n) is 5.47. The molecule has 298 valence electrons. The van der Waals surface area contributed by atoms with E-state index in [2.05, 4.69) is 44.2 Å². The van der Waals surface area contributed by atoms with Crippen LogP contribution in [0.4, 0.5) is 0 Å². The lowest BCUT2D eigenvalue weighted by atomic mass is 10.1. The molecule has 0 amide bonds. The van der Waals surface area contributed by atoms with Gasteiger partial charge < -0.3 is 20.1 Å². The highest BCUT2D eigenvalue weighted by atomic mass is 31.2. The summed E-state index contributed by atoms with van der Waals surface area (Å²) in [5.41, 5.74) is 5.33. The van der Waals surface area contributed by atoms with Gasteiger partial charge in [0.05, 0.1) is 13.2 Å². The van der Waals surface area contributed by atoms with E-state index in [1.807, 2.05) is 6.08 Å². The molecule has 1 unspecified atom stereocenters. The van der Waals surface area contributed by atoms with Crippen molar-refractivity contribution < 1.29 is 37.6 Å². The monoisotopic (exact) mass is 742 g/mol. The van der Waals surface area contributed by atoms with E-state index in [0.717, 1.165) is 51.4 Å². The molecule has 0 saturated heterocycles. The summed E-state index contributed by atoms with van der Waals surface area (Å²) in [6, 6.07) is 0. The van der Waals surface area contributed by atoms with Crippen LogP contribution in [0, 0.1) is 0 Å². The summed E-state index contributed by atoms with van der Waals surface area (Å²) < 4.78 is 32.6. The van der Waals surface area contributed by atoms with E-state index in [0.29, 0.717) is 12.8 Å². The van der Waals surface area contributed by atoms with Crippen molar-refractivity contribution in [2.45, 2.75) is 187 Å². The molecule has 0 aromatic heterocycles. The van der Waals surface area contributed by atoms with Gasteiger partial charge in [-0.15, -0.1) is 0 Å². The van der Waals surface area contributed by atoms with Crippen LogP contribution >= 0.6 is 7.82 Å². The average Bonchev–Trinajstić information content (AvgIpc) is 3.11. The van der Waals surface area contributed by atoms with E-state index in [1.165, 1.54) is 89.9 Å². The topological polar surface area (TPSA) is 134 Å². The summed E-state index contributed by atoms with van der Waals surface area (Å²) in [5, 5.41) is 0. The summed E-state index contributed by atoms with van der Waals surface area (Å²) in [7, 11) is -4.38. The Labute approximate surface area is 312 Å². The molecule has 0 saturated carbocycles. The molecule has 0 fully saturated rings. The zero-order valence-electron chi connectivity index (χ0n) is 32.6. The number of nitrogens with two attached hydrogens (primary N) is 1. The van der Waals surface area contributed by atoms with Crippen LogP contribution in [0.1, 0.15) is 181 Å². The molecule has 0 spiro atoms. The highest BCUT2D eigenvalue weighted by Crippen LogP contribution is 2.43. The number of hydrogen-bond donors (Lipinski definition) is 2. The maximum absolute atomic E-state index is 12.5. The Bertz CT molecular complexity index is 939. The summed E-state index contributed by atoms with van der Waals surface area (Å²) in [6.07, 6.45) is 40.4. The van der Waals surface area contributed by atoms with Crippen molar-refractivity contribution in [1.82, 2.24) is 0 Å². The quantitative estimate of drug-likeness (QED) is 0.0208. The molecule has 3 N–H and O–H groups in total. The molecule has 0 bridgehead atoms. The highest BCUT2D eigenvalue weighted by Gasteiger charge is 2.25. The van der Waals surface area contributed by atoms with E-state index < -0.39 is 32.5 Å². The zero-order chi connectivity index (χ0) is 37.5. The second-order valence-corrected chi connectivity index (χ2v) is 15.0. The smallest absolute Gasteiger partial charge is 0.462 e. The van der Waals surface area contributed by atoms with Gasteiger partial charge in [-0.25, -0.2) is 4.57 Å². The maximum atomic E-state index is 12.5. The molecular weight excluding hydrogens is 665 g/mol. The van der Waals surface area contributed by atoms with Crippen molar-refractivity contribution >= 4 is 19.8 Å². The summed E-state index contributed by atoms with van der Waals surface area (Å²) in [4.78, 5) is 34.7. The lowest BCUT2D eigenvalue weighted by Gasteiger charge is -2.19. The van der Waals surface area contributed by atoms with Crippen molar-refractivity contribution in [2.75, 3.05) is 26.4 Å². The minimum absolute atomic E-state index is 0.0466. The van der Waals surface area contributed by atoms with Gasteiger partial charge in [0.15, 0.2) is 6.10 Å². The van der Waals surface area contributed by atoms with Crippen molar-refractivity contribution in [2.24, 2.45) is 5.73 Å². The molecule has 51 heavy (non-hydrogen) atoms. The highest BCUT2D eigenvalue weighted by molar-refractivity contribution is 7.47. The molecule has 9 nitrogen and oxygen atoms in total. The number of phosphoric ester groups is 1. The molecule has 0 heterocycles. The number of esters is 2. The first-order valence-corrected chi connectivity index (χ1v) is 22.0. The Balaban J connectivity index is 4.25. The van der Waals surface area contributed by atoms with Crippen LogP contribution in [-0.4, -0.2) is 49.3 Å². The number of carbonyl (C=O) groups is 2. The largest absolute Gasteiger partial charge is 0.472 e. The molecule has 0 aliphatic carbocycles. The molecule has 0 radical (unpaired) electrons. The predicted octanol–water partition coefficient (Wildman–Crippen LogP) is 11.4. The van der Waals surface area contributed by atoms with Crippen LogP contribution in [0.3, 0.4) is 0 Å². The first kappa shape index (κ1) is 49.2. The van der Waals surface area contributed by atoms with Crippen molar-refractivity contribution in [3.8, 4) is 0 Å². The fourth-order valence-corrected chi connectivity index (χ4v) is 6.23. The molecule has 0 rings (SSSR count). The van der Waals surface area contributed by atoms with Crippen molar-refractivity contribution in [3.63, 3.8) is 0 Å². The summed E-state index contributed by atoms with van der Waals surface area (Å²) >= 11 is 0. The molecule has 10 heteroatoms. The second kappa shape index (κ2) is 38.0. The zero-order valence-corrected chi connectivity index (χ0v) is 33.5. The van der Waals surface area contributed by atoms with E-state index in [1.54, 1.807) is 0 Å². The van der Waals surface area contributed by atoms with Crippen LogP contribution in [0.15, 0.2) is 36.5 Å². The first-order valence-electron chi connectivity index (χ1n) is 20.5. The minimum Gasteiger partial charge on any atom is -0.462 e. The number of allylic oxidation sites excluding steroid dienone is 6. The first-order chi connectivity index (χ1) is 24.8. The van der Waals surface area contributed by atoms with Gasteiger partial charge in [-0.1, -0.05) is 153 Å². The van der Waals surface area contributed by atoms with Crippen LogP contribution in [-0.2, 0) is 32.7 Å². The van der Waals surface area contributed by atoms with Gasteiger partial charge in [0.2, 0.25) is 0 Å². The van der Waals surface area contributed by atoms with Gasteiger partial charge in [0.25, 0.3) is 0 Å². The summed E-state index contributed by atoms with van der Waals surface area (Å²) in [5.74, 6) is -0.903. The number of carbonyl (C=O) groups excluding carboxylic acids is 2. The number of phosphoric acid groups is 1. The molecule has 2 atom stereocenters. The third-order valence-corrected chi connectivity index (χ3v) is 9.52. The van der Waals surface area contributed by atoms with Crippen LogP contribution in [0.25, 0.3) is 0 Å². The van der Waals surface area contributed by atoms with Gasteiger partial charge in [-0.05, 0) is 51.4 Å². The lowest BCUT2D eigenvalue weighted by molar-refractivity contribution is -0.161. The minimum atomic E-state index is -4.38. The Hall–Kier alpha value is -1.77. The number of unbranched alkanes of at least 4 members (excludes halogenated alkanes) is 20. The standard InChI is InChI=1S/C41H76NO8P/c1-3-5-7-9-11-13-15-17-19-21-23-25-27-29-31-33-40(43)47-37-39(38-49-51(45,46)48-36-35-42)50-41(44)34-32-30-28-26-24-22-20-18-16-14-12-10-8-6-4-2/h14,16,18,20,27,29,39H,3-13,15,17,19,21-26,28,30-38,42H2,1-2H3,(H,45,46)/b16-14+,20-18+,29-27+/t39-/m1/s1. The molecule has 0 aromatic carbocycles. The Kier molecular flexibility index (Phi) is 36.7. The number of ether oxygens (including phenoxy) is 2. The molecule has 0 aromatic rings. The van der Waals surface area contributed by atoms with E-state index in [9.17, 15) is 19.0 Å². The molecule has 0 aliphatic heterocycles. The Morgan fingerprint density at radius 3 is 1.61 bits per heavy atom. The normalized spacial score (nSPS) is 13.7. The molecule has 0 aliphatic rings. The van der Waals surface area contributed by atoms with E-state index >= 15 is 0 Å². The van der Waals surface area contributed by atoms with Gasteiger partial charge in [0, 0.05) is 19.4 Å². The Morgan fingerprint density at radius 1 is 0.588 bits per heavy atom. The SMILES string of the molecule is CCCCCC/C=C/C=C/CCCCCCCC(=O)O[C@H](COC(=O)CC/C=C/CCCCCCCCCCCCC)COP(=O)(O)OCCN. The lowest BCUT2D eigenvalue weighted by Crippen LogP contribution is -2.29. The number of hydrogen-bond acceptors (Lipinski definition) is 8. The predicted molar refractivity (Wildman–Crippen MR) is 210 cm³/mol. The maximum Gasteiger partial charge on any atom is 0.472 e. The number of rotatable bonds is 38.